The van der Waals surface area contributed by atoms with E-state index in [0.717, 1.165) is 22.2 Å². The number of carbonyl (C=O) groups is 1. The van der Waals surface area contributed by atoms with Gasteiger partial charge in [-0.15, -0.1) is 0 Å². The molecule has 0 fully saturated rings. The molecule has 1 N–H and O–H groups in total. The minimum absolute atomic E-state index is 0.0979. The lowest BCUT2D eigenvalue weighted by atomic mass is 10.1. The number of aromatic nitrogens is 3. The smallest absolute Gasteiger partial charge is 0.245 e. The number of aryl methyl sites for hydroxylation is 1. The average Bonchev–Trinajstić information content (AvgIpc) is 3.28. The van der Waals surface area contributed by atoms with Crippen LogP contribution in [0.1, 0.15) is 11.1 Å². The Bertz CT molecular complexity index is 1130. The normalized spacial score (nSPS) is 10.9. The van der Waals surface area contributed by atoms with Crippen molar-refractivity contribution in [3.63, 3.8) is 0 Å². The molecule has 2 aromatic heterocycles. The zero-order chi connectivity index (χ0) is 19.5. The van der Waals surface area contributed by atoms with Gasteiger partial charge in [0.2, 0.25) is 5.91 Å². The van der Waals surface area contributed by atoms with Gasteiger partial charge in [0.1, 0.15) is 18.1 Å². The van der Waals surface area contributed by atoms with Crippen LogP contribution in [0.5, 0.6) is 5.75 Å². The van der Waals surface area contributed by atoms with Crippen molar-refractivity contribution >= 4 is 22.6 Å². The van der Waals surface area contributed by atoms with Crippen LogP contribution in [-0.2, 0) is 17.9 Å². The monoisotopic (exact) mass is 374 g/mol. The van der Waals surface area contributed by atoms with E-state index in [1.165, 1.54) is 5.56 Å². The summed E-state index contributed by atoms with van der Waals surface area (Å²) in [5.74, 6) is 1.39. The average molecular weight is 374 g/mol. The molecule has 0 bridgehead atoms. The lowest BCUT2D eigenvalue weighted by Gasteiger charge is -2.11. The molecule has 6 nitrogen and oxygen atoms in total. The van der Waals surface area contributed by atoms with E-state index in [1.54, 1.807) is 18.0 Å². The zero-order valence-corrected chi connectivity index (χ0v) is 15.9. The van der Waals surface area contributed by atoms with E-state index in [0.29, 0.717) is 12.4 Å². The molecule has 2 heterocycles. The minimum Gasteiger partial charge on any atom is -0.497 e. The number of hydrogen-bond acceptors (Lipinski definition) is 3. The van der Waals surface area contributed by atoms with Crippen LogP contribution in [0, 0.1) is 6.92 Å². The molecule has 28 heavy (non-hydrogen) atoms. The quantitative estimate of drug-likeness (QED) is 0.558. The number of nitrogens with zero attached hydrogens (tertiary/aromatic N) is 3. The van der Waals surface area contributed by atoms with Crippen LogP contribution in [0.4, 0.5) is 5.82 Å². The van der Waals surface area contributed by atoms with Crippen LogP contribution in [0.15, 0.2) is 67.0 Å². The summed E-state index contributed by atoms with van der Waals surface area (Å²) in [6.45, 7) is 2.90. The van der Waals surface area contributed by atoms with E-state index < -0.39 is 0 Å². The number of carbonyl (C=O) groups excluding carboxylic acids is 1. The first-order valence-corrected chi connectivity index (χ1v) is 9.12. The summed E-state index contributed by atoms with van der Waals surface area (Å²) in [5, 5.41) is 8.35. The van der Waals surface area contributed by atoms with Crippen molar-refractivity contribution in [2.24, 2.45) is 0 Å². The fourth-order valence-electron chi connectivity index (χ4n) is 3.33. The lowest BCUT2D eigenvalue weighted by molar-refractivity contribution is -0.116. The molecule has 1 amide bonds. The molecule has 4 aromatic rings. The Hall–Kier alpha value is -3.54. The van der Waals surface area contributed by atoms with E-state index in [2.05, 4.69) is 35.5 Å². The van der Waals surface area contributed by atoms with Gasteiger partial charge < -0.3 is 14.6 Å². The standard InChI is InChI=1S/C22H22N4O2/c1-16-4-3-5-17(12-16)14-26-21(8-10-23-26)24-22(27)15-25-11-9-18-13-19(28-2)6-7-20(18)25/h3-13H,14-15H2,1-2H3,(H,24,27). The van der Waals surface area contributed by atoms with E-state index in [9.17, 15) is 4.79 Å². The van der Waals surface area contributed by atoms with Gasteiger partial charge in [-0.1, -0.05) is 29.8 Å². The second-order valence-corrected chi connectivity index (χ2v) is 6.78. The number of fused-ring (bicyclic) bond motifs is 1. The van der Waals surface area contributed by atoms with Crippen molar-refractivity contribution < 1.29 is 9.53 Å². The summed E-state index contributed by atoms with van der Waals surface area (Å²) >= 11 is 0. The number of methoxy groups -OCH3 is 1. The third-order valence-corrected chi connectivity index (χ3v) is 4.69. The van der Waals surface area contributed by atoms with Crippen molar-refractivity contribution in [2.45, 2.75) is 20.0 Å². The fraction of sp³-hybridized carbons (Fsp3) is 0.182. The molecule has 0 aliphatic rings. The SMILES string of the molecule is COc1ccc2c(ccn2CC(=O)Nc2ccnn2Cc2cccc(C)c2)c1. The van der Waals surface area contributed by atoms with Gasteiger partial charge in [-0.2, -0.15) is 5.10 Å². The summed E-state index contributed by atoms with van der Waals surface area (Å²) in [6, 6.07) is 17.9. The van der Waals surface area contributed by atoms with Gasteiger partial charge in [0, 0.05) is 23.2 Å². The van der Waals surface area contributed by atoms with E-state index in [-0.39, 0.29) is 12.5 Å². The molecule has 0 unspecified atom stereocenters. The molecule has 0 radical (unpaired) electrons. The number of amides is 1. The number of benzene rings is 2. The Kier molecular flexibility index (Phi) is 4.85. The highest BCUT2D eigenvalue weighted by Crippen LogP contribution is 2.22. The van der Waals surface area contributed by atoms with Crippen LogP contribution >= 0.6 is 0 Å². The molecule has 0 aliphatic carbocycles. The maximum atomic E-state index is 12.6. The zero-order valence-electron chi connectivity index (χ0n) is 15.9. The Balaban J connectivity index is 1.47. The van der Waals surface area contributed by atoms with Crippen LogP contribution in [0.25, 0.3) is 10.9 Å². The second kappa shape index (κ2) is 7.60. The maximum Gasteiger partial charge on any atom is 0.245 e. The molecule has 0 atom stereocenters. The van der Waals surface area contributed by atoms with Gasteiger partial charge in [0.15, 0.2) is 0 Å². The fourth-order valence-corrected chi connectivity index (χ4v) is 3.33. The second-order valence-electron chi connectivity index (χ2n) is 6.78. The Morgan fingerprint density at radius 3 is 2.86 bits per heavy atom. The Morgan fingerprint density at radius 1 is 1.14 bits per heavy atom. The first kappa shape index (κ1) is 17.9. The molecule has 0 saturated heterocycles. The van der Waals surface area contributed by atoms with Gasteiger partial charge in [0.25, 0.3) is 0 Å². The summed E-state index contributed by atoms with van der Waals surface area (Å²) in [5.41, 5.74) is 3.33. The van der Waals surface area contributed by atoms with Gasteiger partial charge in [-0.25, -0.2) is 4.68 Å². The summed E-state index contributed by atoms with van der Waals surface area (Å²) in [4.78, 5) is 12.6. The summed E-state index contributed by atoms with van der Waals surface area (Å²) < 4.78 is 8.97. The van der Waals surface area contributed by atoms with Crippen LogP contribution in [-0.4, -0.2) is 27.4 Å². The Morgan fingerprint density at radius 2 is 2.04 bits per heavy atom. The van der Waals surface area contributed by atoms with Crippen molar-refractivity contribution in [3.05, 3.63) is 78.1 Å². The topological polar surface area (TPSA) is 61.1 Å². The first-order chi connectivity index (χ1) is 13.6. The highest BCUT2D eigenvalue weighted by atomic mass is 16.5. The van der Waals surface area contributed by atoms with Gasteiger partial charge in [0.05, 0.1) is 19.9 Å². The molecule has 0 spiro atoms. The van der Waals surface area contributed by atoms with E-state index >= 15 is 0 Å². The van der Waals surface area contributed by atoms with Crippen LogP contribution in [0.3, 0.4) is 0 Å². The highest BCUT2D eigenvalue weighted by Gasteiger charge is 2.10. The molecule has 6 heteroatoms. The van der Waals surface area contributed by atoms with Gasteiger partial charge in [-0.05, 0) is 36.8 Å². The molecule has 0 aliphatic heterocycles. The predicted octanol–water partition coefficient (Wildman–Crippen LogP) is 3.84. The molecule has 0 saturated carbocycles. The van der Waals surface area contributed by atoms with E-state index in [1.807, 2.05) is 47.2 Å². The molecule has 2 aromatic carbocycles. The van der Waals surface area contributed by atoms with Crippen LogP contribution in [0.2, 0.25) is 0 Å². The van der Waals surface area contributed by atoms with Crippen molar-refractivity contribution in [2.75, 3.05) is 12.4 Å². The number of hydrogen-bond donors (Lipinski definition) is 1. The minimum atomic E-state index is -0.0979. The molecular formula is C22H22N4O2. The number of rotatable bonds is 6. The summed E-state index contributed by atoms with van der Waals surface area (Å²) in [7, 11) is 1.64. The largest absolute Gasteiger partial charge is 0.497 e. The Labute approximate surface area is 163 Å². The van der Waals surface area contributed by atoms with Gasteiger partial charge >= 0.3 is 0 Å². The number of nitrogens with one attached hydrogen (secondary N) is 1. The van der Waals surface area contributed by atoms with Crippen molar-refractivity contribution in [1.82, 2.24) is 14.3 Å². The van der Waals surface area contributed by atoms with Crippen LogP contribution < -0.4 is 10.1 Å². The summed E-state index contributed by atoms with van der Waals surface area (Å²) in [6.07, 6.45) is 3.61. The van der Waals surface area contributed by atoms with E-state index in [4.69, 9.17) is 4.74 Å². The number of ether oxygens (including phenoxy) is 1. The molecule has 142 valence electrons. The van der Waals surface area contributed by atoms with Crippen molar-refractivity contribution in [1.29, 1.82) is 0 Å². The number of anilines is 1. The van der Waals surface area contributed by atoms with Gasteiger partial charge in [-0.3, -0.25) is 4.79 Å². The third-order valence-electron chi connectivity index (χ3n) is 4.69. The maximum absolute atomic E-state index is 12.6. The molecular weight excluding hydrogens is 352 g/mol. The predicted molar refractivity (Wildman–Crippen MR) is 110 cm³/mol. The lowest BCUT2D eigenvalue weighted by Crippen LogP contribution is -2.20. The van der Waals surface area contributed by atoms with Crippen molar-refractivity contribution in [3.8, 4) is 5.75 Å². The highest BCUT2D eigenvalue weighted by molar-refractivity contribution is 5.91. The third kappa shape index (κ3) is 3.76. The first-order valence-electron chi connectivity index (χ1n) is 9.12. The molecule has 4 rings (SSSR count).